The fraction of sp³-hybridized carbons (Fsp3) is 0.385. The lowest BCUT2D eigenvalue weighted by atomic mass is 9.72. The largest absolute Gasteiger partial charge is 0.493 e. The number of allylic oxidation sites excluding steroid dienone is 3. The molecule has 4 rings (SSSR count). The average molecular weight is 468 g/mol. The first-order valence-corrected chi connectivity index (χ1v) is 12.0. The number of carbonyl (C=O) groups is 2. The molecule has 1 aliphatic heterocycles. The lowest BCUT2D eigenvalue weighted by Crippen LogP contribution is -2.36. The number of Topliss-reactive ketones (excluding diaryl/α,β-unsaturated/α-hetero) is 1. The van der Waals surface area contributed by atoms with Crippen molar-refractivity contribution in [3.63, 3.8) is 0 Å². The first-order valence-electron chi connectivity index (χ1n) is 11.1. The third kappa shape index (κ3) is 4.42. The highest BCUT2D eigenvalue weighted by Gasteiger charge is 2.41. The van der Waals surface area contributed by atoms with E-state index in [2.05, 4.69) is 11.4 Å². The molecule has 0 unspecified atom stereocenters. The van der Waals surface area contributed by atoms with Crippen LogP contribution in [0.3, 0.4) is 0 Å². The maximum atomic E-state index is 13.6. The minimum Gasteiger partial charge on any atom is -0.493 e. The molecule has 7 heteroatoms. The first-order chi connectivity index (χ1) is 16.0. The van der Waals surface area contributed by atoms with Gasteiger partial charge in [0.1, 0.15) is 0 Å². The van der Waals surface area contributed by atoms with E-state index >= 15 is 0 Å². The molecule has 0 saturated heterocycles. The molecular weight excluding hydrogens is 438 g/mol. The van der Waals surface area contributed by atoms with Gasteiger partial charge in [-0.05, 0) is 48.9 Å². The van der Waals surface area contributed by atoms with Crippen LogP contribution in [0, 0.1) is 0 Å². The van der Waals surface area contributed by atoms with Gasteiger partial charge in [0.25, 0.3) is 0 Å². The quantitative estimate of drug-likeness (QED) is 0.573. The molecule has 2 aromatic rings. The Kier molecular flexibility index (Phi) is 6.88. The summed E-state index contributed by atoms with van der Waals surface area (Å²) in [5.41, 5.74) is 3.51. The van der Waals surface area contributed by atoms with Gasteiger partial charge in [0.2, 0.25) is 0 Å². The number of ketones is 1. The van der Waals surface area contributed by atoms with Crippen LogP contribution in [0.5, 0.6) is 11.5 Å². The second kappa shape index (κ2) is 9.83. The van der Waals surface area contributed by atoms with Crippen molar-refractivity contribution in [1.82, 2.24) is 5.32 Å². The molecule has 1 aromatic heterocycles. The fourth-order valence-corrected chi connectivity index (χ4v) is 5.50. The summed E-state index contributed by atoms with van der Waals surface area (Å²) < 4.78 is 16.4. The number of dihydropyridines is 1. The maximum Gasteiger partial charge on any atom is 0.336 e. The molecule has 1 N–H and O–H groups in total. The molecular formula is C26H29NO5S. The summed E-state index contributed by atoms with van der Waals surface area (Å²) in [5, 5.41) is 5.42. The van der Waals surface area contributed by atoms with Crippen LogP contribution in [-0.2, 0) is 14.3 Å². The van der Waals surface area contributed by atoms with E-state index in [1.165, 1.54) is 4.88 Å². The number of nitrogens with one attached hydrogen (secondary N) is 1. The molecule has 1 aliphatic carbocycles. The Morgan fingerprint density at radius 2 is 1.94 bits per heavy atom. The molecule has 1 aromatic carbocycles. The summed E-state index contributed by atoms with van der Waals surface area (Å²) in [6, 6.07) is 9.64. The number of benzene rings is 1. The highest BCUT2D eigenvalue weighted by molar-refractivity contribution is 7.10. The Morgan fingerprint density at radius 3 is 2.61 bits per heavy atom. The van der Waals surface area contributed by atoms with Crippen molar-refractivity contribution in [2.75, 3.05) is 20.8 Å². The molecule has 0 spiro atoms. The zero-order chi connectivity index (χ0) is 23.5. The molecule has 2 heterocycles. The van der Waals surface area contributed by atoms with Gasteiger partial charge in [0, 0.05) is 40.1 Å². The third-order valence-corrected chi connectivity index (χ3v) is 7.21. The Balaban J connectivity index is 1.82. The van der Waals surface area contributed by atoms with Crippen LogP contribution in [-0.4, -0.2) is 32.6 Å². The van der Waals surface area contributed by atoms with E-state index in [1.807, 2.05) is 43.5 Å². The average Bonchev–Trinajstić information content (AvgIpc) is 3.36. The first kappa shape index (κ1) is 23.1. The molecule has 6 nitrogen and oxygen atoms in total. The SMILES string of the molecule is CCCOC(=O)C1=C(C)NC2=C(C(=O)C[C@@H](c3cccs3)C2)[C@H]1c1ccc(OC)c(OC)c1. The predicted molar refractivity (Wildman–Crippen MR) is 128 cm³/mol. The monoisotopic (exact) mass is 467 g/mol. The van der Waals surface area contributed by atoms with Gasteiger partial charge in [-0.2, -0.15) is 0 Å². The number of rotatable bonds is 7. The van der Waals surface area contributed by atoms with Crippen molar-refractivity contribution in [1.29, 1.82) is 0 Å². The highest BCUT2D eigenvalue weighted by atomic mass is 32.1. The number of hydrogen-bond donors (Lipinski definition) is 1. The smallest absolute Gasteiger partial charge is 0.336 e. The van der Waals surface area contributed by atoms with Crippen molar-refractivity contribution in [3.8, 4) is 11.5 Å². The Hall–Kier alpha value is -3.06. The number of carbonyl (C=O) groups excluding carboxylic acids is 2. The van der Waals surface area contributed by atoms with E-state index in [4.69, 9.17) is 14.2 Å². The minimum atomic E-state index is -0.526. The molecule has 0 bridgehead atoms. The van der Waals surface area contributed by atoms with Gasteiger partial charge in [-0.3, -0.25) is 4.79 Å². The standard InChI is InChI=1S/C26H29NO5S/c1-5-10-32-26(29)23-15(2)27-18-12-17(22-7-6-11-33-22)13-19(28)25(18)24(23)16-8-9-20(30-3)21(14-16)31-4/h6-9,11,14,17,24,27H,5,10,12-13H2,1-4H3/t17-,24-/m0/s1. The van der Waals surface area contributed by atoms with Crippen LogP contribution in [0.15, 0.2) is 58.3 Å². The van der Waals surface area contributed by atoms with Gasteiger partial charge < -0.3 is 19.5 Å². The molecule has 2 aliphatic rings. The number of thiophene rings is 1. The lowest BCUT2D eigenvalue weighted by molar-refractivity contribution is -0.139. The summed E-state index contributed by atoms with van der Waals surface area (Å²) in [6.07, 6.45) is 1.86. The van der Waals surface area contributed by atoms with Crippen LogP contribution in [0.25, 0.3) is 0 Å². The van der Waals surface area contributed by atoms with Crippen molar-refractivity contribution in [2.24, 2.45) is 0 Å². The Morgan fingerprint density at radius 1 is 1.15 bits per heavy atom. The molecule has 0 radical (unpaired) electrons. The summed E-state index contributed by atoms with van der Waals surface area (Å²) >= 11 is 1.67. The van der Waals surface area contributed by atoms with Crippen molar-refractivity contribution in [2.45, 2.75) is 44.9 Å². The van der Waals surface area contributed by atoms with E-state index in [-0.39, 0.29) is 11.7 Å². The van der Waals surface area contributed by atoms with Gasteiger partial charge in [0.15, 0.2) is 17.3 Å². The molecule has 0 amide bonds. The predicted octanol–water partition coefficient (Wildman–Crippen LogP) is 5.08. The third-order valence-electron chi connectivity index (χ3n) is 6.17. The lowest BCUT2D eigenvalue weighted by Gasteiger charge is -2.36. The summed E-state index contributed by atoms with van der Waals surface area (Å²) in [6.45, 7) is 4.16. The van der Waals surface area contributed by atoms with E-state index in [0.717, 1.165) is 24.1 Å². The normalized spacial score (nSPS) is 20.3. The number of methoxy groups -OCH3 is 2. The van der Waals surface area contributed by atoms with Crippen LogP contribution in [0.2, 0.25) is 0 Å². The molecule has 0 saturated carbocycles. The topological polar surface area (TPSA) is 73.9 Å². The van der Waals surface area contributed by atoms with Gasteiger partial charge >= 0.3 is 5.97 Å². The van der Waals surface area contributed by atoms with Crippen molar-refractivity contribution in [3.05, 3.63) is 68.7 Å². The summed E-state index contributed by atoms with van der Waals surface area (Å²) in [5.74, 6) is 0.400. The highest BCUT2D eigenvalue weighted by Crippen LogP contribution is 2.47. The Labute approximate surface area is 198 Å². The van der Waals surface area contributed by atoms with E-state index in [0.29, 0.717) is 41.4 Å². The molecule has 0 fully saturated rings. The zero-order valence-electron chi connectivity index (χ0n) is 19.4. The van der Waals surface area contributed by atoms with Gasteiger partial charge in [-0.25, -0.2) is 4.79 Å². The van der Waals surface area contributed by atoms with Crippen LogP contribution >= 0.6 is 11.3 Å². The number of esters is 1. The second-order valence-electron chi connectivity index (χ2n) is 8.28. The number of hydrogen-bond acceptors (Lipinski definition) is 7. The van der Waals surface area contributed by atoms with Gasteiger partial charge in [-0.1, -0.05) is 19.1 Å². The zero-order valence-corrected chi connectivity index (χ0v) is 20.2. The maximum absolute atomic E-state index is 13.6. The van der Waals surface area contributed by atoms with Gasteiger partial charge in [-0.15, -0.1) is 11.3 Å². The second-order valence-corrected chi connectivity index (χ2v) is 9.26. The number of ether oxygens (including phenoxy) is 3. The van der Waals surface area contributed by atoms with Gasteiger partial charge in [0.05, 0.1) is 26.4 Å². The van der Waals surface area contributed by atoms with Crippen LogP contribution in [0.1, 0.15) is 55.4 Å². The van der Waals surface area contributed by atoms with Crippen LogP contribution in [0.4, 0.5) is 0 Å². The van der Waals surface area contributed by atoms with E-state index < -0.39 is 11.9 Å². The minimum absolute atomic E-state index is 0.0511. The van der Waals surface area contributed by atoms with E-state index in [9.17, 15) is 9.59 Å². The molecule has 174 valence electrons. The summed E-state index contributed by atoms with van der Waals surface area (Å²) in [4.78, 5) is 27.9. The summed E-state index contributed by atoms with van der Waals surface area (Å²) in [7, 11) is 3.15. The van der Waals surface area contributed by atoms with E-state index in [1.54, 1.807) is 25.6 Å². The van der Waals surface area contributed by atoms with Crippen LogP contribution < -0.4 is 14.8 Å². The molecule has 2 atom stereocenters. The van der Waals surface area contributed by atoms with Crippen molar-refractivity contribution >= 4 is 23.1 Å². The Bertz CT molecular complexity index is 1120. The fourth-order valence-electron chi connectivity index (χ4n) is 4.67. The molecule has 33 heavy (non-hydrogen) atoms. The van der Waals surface area contributed by atoms with Crippen molar-refractivity contribution < 1.29 is 23.8 Å².